The lowest BCUT2D eigenvalue weighted by Crippen LogP contribution is -2.49. The highest BCUT2D eigenvalue weighted by molar-refractivity contribution is 5.78. The third-order valence-corrected chi connectivity index (χ3v) is 4.92. The molecule has 2 heterocycles. The van der Waals surface area contributed by atoms with Crippen molar-refractivity contribution < 1.29 is 13.9 Å². The fourth-order valence-corrected chi connectivity index (χ4v) is 3.57. The molecule has 1 amide bonds. The van der Waals surface area contributed by atoms with Crippen LogP contribution in [0.2, 0.25) is 0 Å². The second-order valence-corrected chi connectivity index (χ2v) is 7.49. The van der Waals surface area contributed by atoms with Crippen LogP contribution in [0.25, 0.3) is 11.0 Å². The lowest BCUT2D eigenvalue weighted by molar-refractivity contribution is -0.121. The van der Waals surface area contributed by atoms with Crippen LogP contribution in [0.5, 0.6) is 0 Å². The minimum Gasteiger partial charge on any atom is -0.461 e. The number of amides is 1. The lowest BCUT2D eigenvalue weighted by Gasteiger charge is -2.35. The number of hydrogen-bond acceptors (Lipinski definition) is 4. The standard InChI is InChI=1S/C21H30N2O3/c1-16(2)13-18(23-9-11-25-12-10-23)15-22-21(24)8-7-19-14-17-5-3-4-6-20(17)26-19/h3-6,14,16,18H,7-13,15H2,1-2H3,(H,22,24)/t18-/m1/s1. The van der Waals surface area contributed by atoms with Crippen LogP contribution in [0.15, 0.2) is 34.7 Å². The van der Waals surface area contributed by atoms with Crippen molar-refractivity contribution in [3.05, 3.63) is 36.1 Å². The molecule has 3 rings (SSSR count). The zero-order valence-corrected chi connectivity index (χ0v) is 15.9. The largest absolute Gasteiger partial charge is 0.461 e. The van der Waals surface area contributed by atoms with Gasteiger partial charge in [-0.3, -0.25) is 9.69 Å². The van der Waals surface area contributed by atoms with Crippen molar-refractivity contribution in [1.82, 2.24) is 10.2 Å². The molecule has 5 nitrogen and oxygen atoms in total. The predicted molar refractivity (Wildman–Crippen MR) is 103 cm³/mol. The Balaban J connectivity index is 1.47. The Morgan fingerprint density at radius 1 is 1.23 bits per heavy atom. The summed E-state index contributed by atoms with van der Waals surface area (Å²) in [7, 11) is 0. The van der Waals surface area contributed by atoms with E-state index in [1.165, 1.54) is 0 Å². The smallest absolute Gasteiger partial charge is 0.220 e. The summed E-state index contributed by atoms with van der Waals surface area (Å²) >= 11 is 0. The Kier molecular flexibility index (Phi) is 6.69. The van der Waals surface area contributed by atoms with Gasteiger partial charge >= 0.3 is 0 Å². The SMILES string of the molecule is CC(C)C[C@H](CNC(=O)CCc1cc2ccccc2o1)N1CCOCC1. The molecule has 1 aliphatic rings. The van der Waals surface area contributed by atoms with Crippen molar-refractivity contribution in [2.75, 3.05) is 32.8 Å². The second kappa shape index (κ2) is 9.19. The fraction of sp³-hybridized carbons (Fsp3) is 0.571. The molecule has 1 saturated heterocycles. The van der Waals surface area contributed by atoms with Gasteiger partial charge in [0, 0.05) is 43.9 Å². The quantitative estimate of drug-likeness (QED) is 0.787. The van der Waals surface area contributed by atoms with Gasteiger partial charge in [-0.15, -0.1) is 0 Å². The molecule has 1 aromatic carbocycles. The Bertz CT molecular complexity index is 671. The van der Waals surface area contributed by atoms with E-state index in [2.05, 4.69) is 24.1 Å². The van der Waals surface area contributed by atoms with E-state index in [0.717, 1.165) is 49.5 Å². The minimum absolute atomic E-state index is 0.0903. The van der Waals surface area contributed by atoms with Gasteiger partial charge in [-0.2, -0.15) is 0 Å². The van der Waals surface area contributed by atoms with Gasteiger partial charge in [-0.05, 0) is 24.5 Å². The number of nitrogens with one attached hydrogen (secondary N) is 1. The van der Waals surface area contributed by atoms with E-state index in [-0.39, 0.29) is 5.91 Å². The van der Waals surface area contributed by atoms with Crippen LogP contribution in [0, 0.1) is 5.92 Å². The van der Waals surface area contributed by atoms with Crippen LogP contribution in [0.1, 0.15) is 32.4 Å². The van der Waals surface area contributed by atoms with Gasteiger partial charge in [-0.25, -0.2) is 0 Å². The van der Waals surface area contributed by atoms with Gasteiger partial charge < -0.3 is 14.5 Å². The summed E-state index contributed by atoms with van der Waals surface area (Å²) in [5.74, 6) is 1.57. The Hall–Kier alpha value is -1.85. The monoisotopic (exact) mass is 358 g/mol. The van der Waals surface area contributed by atoms with Crippen molar-refractivity contribution in [2.45, 2.75) is 39.2 Å². The summed E-state index contributed by atoms with van der Waals surface area (Å²) in [6.07, 6.45) is 2.17. The predicted octanol–water partition coefficient (Wildman–Crippen LogP) is 3.23. The summed E-state index contributed by atoms with van der Waals surface area (Å²) in [4.78, 5) is 14.8. The number of aryl methyl sites for hydroxylation is 1. The lowest BCUT2D eigenvalue weighted by atomic mass is 10.0. The summed E-state index contributed by atoms with van der Waals surface area (Å²) in [5.41, 5.74) is 0.882. The van der Waals surface area contributed by atoms with Gasteiger partial charge in [0.2, 0.25) is 5.91 Å². The third-order valence-electron chi connectivity index (χ3n) is 4.92. The molecule has 5 heteroatoms. The molecule has 1 N–H and O–H groups in total. The Labute approximate surface area is 155 Å². The molecule has 1 aliphatic heterocycles. The highest BCUT2D eigenvalue weighted by Gasteiger charge is 2.22. The van der Waals surface area contributed by atoms with Crippen molar-refractivity contribution >= 4 is 16.9 Å². The highest BCUT2D eigenvalue weighted by atomic mass is 16.5. The first-order chi connectivity index (χ1) is 12.6. The van der Waals surface area contributed by atoms with Crippen LogP contribution in [-0.2, 0) is 16.0 Å². The number of hydrogen-bond donors (Lipinski definition) is 1. The number of benzene rings is 1. The summed E-state index contributed by atoms with van der Waals surface area (Å²) in [6, 6.07) is 10.4. The topological polar surface area (TPSA) is 54.7 Å². The van der Waals surface area contributed by atoms with Gasteiger partial charge in [0.05, 0.1) is 13.2 Å². The molecule has 0 saturated carbocycles. The maximum Gasteiger partial charge on any atom is 0.220 e. The zero-order chi connectivity index (χ0) is 18.4. The van der Waals surface area contributed by atoms with Crippen molar-refractivity contribution in [2.24, 2.45) is 5.92 Å². The number of ether oxygens (including phenoxy) is 1. The zero-order valence-electron chi connectivity index (χ0n) is 15.9. The van der Waals surface area contributed by atoms with Gasteiger partial charge in [0.15, 0.2) is 0 Å². The van der Waals surface area contributed by atoms with Crippen molar-refractivity contribution in [3.63, 3.8) is 0 Å². The second-order valence-electron chi connectivity index (χ2n) is 7.49. The summed E-state index contributed by atoms with van der Waals surface area (Å²) < 4.78 is 11.2. The van der Waals surface area contributed by atoms with E-state index in [0.29, 0.717) is 31.3 Å². The van der Waals surface area contributed by atoms with Crippen molar-refractivity contribution in [3.8, 4) is 0 Å². The first-order valence-electron chi connectivity index (χ1n) is 9.68. The number of fused-ring (bicyclic) bond motifs is 1. The van der Waals surface area contributed by atoms with Gasteiger partial charge in [0.25, 0.3) is 0 Å². The Morgan fingerprint density at radius 2 is 2.00 bits per heavy atom. The van der Waals surface area contributed by atoms with E-state index >= 15 is 0 Å². The number of morpholine rings is 1. The van der Waals surface area contributed by atoms with E-state index in [1.54, 1.807) is 0 Å². The molecule has 0 unspecified atom stereocenters. The molecule has 1 atom stereocenters. The number of carbonyl (C=O) groups is 1. The summed E-state index contributed by atoms with van der Waals surface area (Å²) in [6.45, 7) is 8.65. The molecule has 26 heavy (non-hydrogen) atoms. The molecular weight excluding hydrogens is 328 g/mol. The number of rotatable bonds is 8. The molecule has 0 spiro atoms. The average Bonchev–Trinajstić information content (AvgIpc) is 3.07. The maximum absolute atomic E-state index is 12.3. The molecular formula is C21H30N2O3. The minimum atomic E-state index is 0.0903. The maximum atomic E-state index is 12.3. The molecule has 0 bridgehead atoms. The van der Waals surface area contributed by atoms with Crippen LogP contribution >= 0.6 is 0 Å². The van der Waals surface area contributed by atoms with E-state index in [9.17, 15) is 4.79 Å². The van der Waals surface area contributed by atoms with Gasteiger partial charge in [-0.1, -0.05) is 32.0 Å². The first-order valence-corrected chi connectivity index (χ1v) is 9.68. The summed E-state index contributed by atoms with van der Waals surface area (Å²) in [5, 5.41) is 4.22. The number of nitrogens with zero attached hydrogens (tertiary/aromatic N) is 1. The van der Waals surface area contributed by atoms with E-state index < -0.39 is 0 Å². The molecule has 142 valence electrons. The van der Waals surface area contributed by atoms with Crippen LogP contribution < -0.4 is 5.32 Å². The number of furan rings is 1. The van der Waals surface area contributed by atoms with E-state index in [1.807, 2.05) is 30.3 Å². The number of carbonyl (C=O) groups excluding carboxylic acids is 1. The average molecular weight is 358 g/mol. The van der Waals surface area contributed by atoms with Crippen LogP contribution in [0.3, 0.4) is 0 Å². The fourth-order valence-electron chi connectivity index (χ4n) is 3.57. The highest BCUT2D eigenvalue weighted by Crippen LogP contribution is 2.19. The molecule has 1 fully saturated rings. The first kappa shape index (κ1) is 18.9. The molecule has 2 aromatic rings. The third kappa shape index (κ3) is 5.32. The molecule has 0 radical (unpaired) electrons. The van der Waals surface area contributed by atoms with Gasteiger partial charge in [0.1, 0.15) is 11.3 Å². The van der Waals surface area contributed by atoms with E-state index in [4.69, 9.17) is 9.15 Å². The Morgan fingerprint density at radius 3 is 2.73 bits per heavy atom. The van der Waals surface area contributed by atoms with Crippen LogP contribution in [0.4, 0.5) is 0 Å². The van der Waals surface area contributed by atoms with Crippen LogP contribution in [-0.4, -0.2) is 49.7 Å². The molecule has 0 aliphatic carbocycles. The normalized spacial score (nSPS) is 16.9. The number of para-hydroxylation sites is 1. The van der Waals surface area contributed by atoms with Crippen molar-refractivity contribution in [1.29, 1.82) is 0 Å². The molecule has 1 aromatic heterocycles.